The highest BCUT2D eigenvalue weighted by Crippen LogP contribution is 2.43. The molecular weight excluding hydrogens is 322 g/mol. The molecule has 2 fully saturated rings. The summed E-state index contributed by atoms with van der Waals surface area (Å²) in [5.74, 6) is 0.847. The summed E-state index contributed by atoms with van der Waals surface area (Å²) < 4.78 is 31.2. The van der Waals surface area contributed by atoms with E-state index >= 15 is 0 Å². The predicted molar refractivity (Wildman–Crippen MR) is 94.9 cm³/mol. The minimum absolute atomic E-state index is 0.304. The molecule has 4 nitrogen and oxygen atoms in total. The van der Waals surface area contributed by atoms with E-state index in [1.807, 2.05) is 27.7 Å². The van der Waals surface area contributed by atoms with Crippen molar-refractivity contribution in [3.63, 3.8) is 0 Å². The number of esters is 1. The summed E-state index contributed by atoms with van der Waals surface area (Å²) >= 11 is 0. The Balaban J connectivity index is 1.87. The van der Waals surface area contributed by atoms with Gasteiger partial charge in [0, 0.05) is 5.56 Å². The SMILES string of the molecule is COC(=O)c1ccc(/C(F)=C/B2OC(C)(C)C(C)(C)O2)cc1C1CC1. The van der Waals surface area contributed by atoms with E-state index < -0.39 is 24.1 Å². The van der Waals surface area contributed by atoms with Crippen LogP contribution in [0.25, 0.3) is 5.83 Å². The lowest BCUT2D eigenvalue weighted by Crippen LogP contribution is -2.41. The highest BCUT2D eigenvalue weighted by Gasteiger charge is 2.50. The maximum absolute atomic E-state index is 14.8. The minimum Gasteiger partial charge on any atom is -0.465 e. The van der Waals surface area contributed by atoms with Gasteiger partial charge in [-0.1, -0.05) is 6.07 Å². The van der Waals surface area contributed by atoms with Gasteiger partial charge < -0.3 is 14.0 Å². The third-order valence-electron chi connectivity index (χ3n) is 5.30. The molecule has 1 aliphatic heterocycles. The van der Waals surface area contributed by atoms with E-state index in [-0.39, 0.29) is 5.97 Å². The van der Waals surface area contributed by atoms with Crippen LogP contribution in [-0.2, 0) is 14.0 Å². The Labute approximate surface area is 148 Å². The molecule has 25 heavy (non-hydrogen) atoms. The third kappa shape index (κ3) is 3.51. The van der Waals surface area contributed by atoms with Crippen LogP contribution >= 0.6 is 0 Å². The van der Waals surface area contributed by atoms with Gasteiger partial charge in [-0.2, -0.15) is 0 Å². The van der Waals surface area contributed by atoms with Gasteiger partial charge in [0.2, 0.25) is 0 Å². The lowest BCUT2D eigenvalue weighted by atomic mass is 9.88. The van der Waals surface area contributed by atoms with E-state index in [2.05, 4.69) is 0 Å². The van der Waals surface area contributed by atoms with Crippen molar-refractivity contribution in [2.75, 3.05) is 7.11 Å². The van der Waals surface area contributed by atoms with Gasteiger partial charge in [0.15, 0.2) is 0 Å². The Morgan fingerprint density at radius 1 is 1.24 bits per heavy atom. The van der Waals surface area contributed by atoms with Crippen LogP contribution < -0.4 is 0 Å². The van der Waals surface area contributed by atoms with Crippen LogP contribution in [0.4, 0.5) is 4.39 Å². The largest absolute Gasteiger partial charge is 0.490 e. The second-order valence-electron chi connectivity index (χ2n) is 7.71. The summed E-state index contributed by atoms with van der Waals surface area (Å²) in [7, 11) is 0.612. The zero-order chi connectivity index (χ0) is 18.4. The normalized spacial score (nSPS) is 22.2. The van der Waals surface area contributed by atoms with Gasteiger partial charge in [-0.05, 0) is 70.1 Å². The number of ether oxygens (including phenoxy) is 1. The van der Waals surface area contributed by atoms with Gasteiger partial charge in [-0.3, -0.25) is 0 Å². The van der Waals surface area contributed by atoms with Crippen molar-refractivity contribution >= 4 is 18.9 Å². The lowest BCUT2D eigenvalue weighted by Gasteiger charge is -2.32. The molecule has 1 saturated heterocycles. The van der Waals surface area contributed by atoms with Crippen LogP contribution in [0.3, 0.4) is 0 Å². The summed E-state index contributed by atoms with van der Waals surface area (Å²) in [4.78, 5) is 11.9. The Kier molecular flexibility index (Phi) is 4.54. The summed E-state index contributed by atoms with van der Waals surface area (Å²) in [6.45, 7) is 7.70. The van der Waals surface area contributed by atoms with Crippen LogP contribution in [0.1, 0.15) is 67.9 Å². The second-order valence-corrected chi connectivity index (χ2v) is 7.71. The molecule has 2 aliphatic rings. The molecule has 1 aliphatic carbocycles. The van der Waals surface area contributed by atoms with E-state index in [4.69, 9.17) is 14.0 Å². The number of halogens is 1. The molecule has 0 N–H and O–H groups in total. The predicted octanol–water partition coefficient (Wildman–Crippen LogP) is 4.29. The molecule has 1 heterocycles. The first kappa shape index (κ1) is 18.1. The van der Waals surface area contributed by atoms with Crippen molar-refractivity contribution in [2.24, 2.45) is 0 Å². The highest BCUT2D eigenvalue weighted by molar-refractivity contribution is 6.53. The summed E-state index contributed by atoms with van der Waals surface area (Å²) in [6, 6.07) is 4.96. The quantitative estimate of drug-likeness (QED) is 0.603. The maximum atomic E-state index is 14.8. The topological polar surface area (TPSA) is 44.8 Å². The molecule has 0 unspecified atom stereocenters. The molecule has 0 atom stereocenters. The van der Waals surface area contributed by atoms with Crippen LogP contribution in [0, 0.1) is 0 Å². The number of rotatable bonds is 4. The molecule has 0 amide bonds. The number of carbonyl (C=O) groups is 1. The first-order valence-electron chi connectivity index (χ1n) is 8.60. The Bertz CT molecular complexity index is 706. The van der Waals surface area contributed by atoms with Gasteiger partial charge in [0.05, 0.1) is 23.9 Å². The highest BCUT2D eigenvalue weighted by atomic mass is 19.1. The smallest absolute Gasteiger partial charge is 0.465 e. The molecule has 1 aromatic rings. The average molecular weight is 346 g/mol. The first-order chi connectivity index (χ1) is 11.6. The fourth-order valence-electron chi connectivity index (χ4n) is 2.91. The number of hydrogen-bond donors (Lipinski definition) is 0. The van der Waals surface area contributed by atoms with E-state index in [1.165, 1.54) is 13.1 Å². The van der Waals surface area contributed by atoms with Crippen LogP contribution in [-0.4, -0.2) is 31.4 Å². The van der Waals surface area contributed by atoms with Gasteiger partial charge in [0.1, 0.15) is 5.83 Å². The number of hydrogen-bond acceptors (Lipinski definition) is 4. The van der Waals surface area contributed by atoms with Gasteiger partial charge in [-0.25, -0.2) is 9.18 Å². The number of carbonyl (C=O) groups excluding carboxylic acids is 1. The van der Waals surface area contributed by atoms with Crippen molar-refractivity contribution in [1.82, 2.24) is 0 Å². The average Bonchev–Trinajstić information content (AvgIpc) is 3.34. The molecule has 0 bridgehead atoms. The van der Waals surface area contributed by atoms with E-state index in [0.717, 1.165) is 18.4 Å². The summed E-state index contributed by atoms with van der Waals surface area (Å²) in [6.07, 6.45) is 2.02. The standard InChI is InChI=1S/C19H24BFO4/c1-18(2)19(3,4)25-20(24-18)11-16(21)13-8-9-14(17(22)23-5)15(10-13)12-6-7-12/h8-12H,6-7H2,1-5H3/b16-11-. The third-order valence-corrected chi connectivity index (χ3v) is 5.30. The molecule has 1 aromatic carbocycles. The number of methoxy groups -OCH3 is 1. The molecule has 3 rings (SSSR count). The molecule has 134 valence electrons. The molecule has 6 heteroatoms. The van der Waals surface area contributed by atoms with Crippen molar-refractivity contribution in [3.05, 3.63) is 40.9 Å². The molecule has 0 aromatic heterocycles. The first-order valence-corrected chi connectivity index (χ1v) is 8.60. The Hall–Kier alpha value is -1.66. The van der Waals surface area contributed by atoms with Crippen molar-refractivity contribution < 1.29 is 23.2 Å². The summed E-state index contributed by atoms with van der Waals surface area (Å²) in [5.41, 5.74) is 0.758. The van der Waals surface area contributed by atoms with Gasteiger partial charge in [-0.15, -0.1) is 0 Å². The van der Waals surface area contributed by atoms with E-state index in [9.17, 15) is 9.18 Å². The van der Waals surface area contributed by atoms with Gasteiger partial charge >= 0.3 is 13.1 Å². The second kappa shape index (κ2) is 6.25. The van der Waals surface area contributed by atoms with Crippen molar-refractivity contribution in [2.45, 2.75) is 57.7 Å². The zero-order valence-corrected chi connectivity index (χ0v) is 15.4. The molecule has 1 saturated carbocycles. The lowest BCUT2D eigenvalue weighted by molar-refractivity contribution is 0.00578. The Morgan fingerprint density at radius 2 is 1.84 bits per heavy atom. The van der Waals surface area contributed by atoms with E-state index in [0.29, 0.717) is 17.0 Å². The fourth-order valence-corrected chi connectivity index (χ4v) is 2.91. The molecule has 0 radical (unpaired) electrons. The van der Waals surface area contributed by atoms with Crippen molar-refractivity contribution in [1.29, 1.82) is 0 Å². The van der Waals surface area contributed by atoms with Crippen molar-refractivity contribution in [3.8, 4) is 0 Å². The monoisotopic (exact) mass is 346 g/mol. The zero-order valence-electron chi connectivity index (χ0n) is 15.4. The van der Waals surface area contributed by atoms with Gasteiger partial charge in [0.25, 0.3) is 0 Å². The fraction of sp³-hybridized carbons (Fsp3) is 0.526. The Morgan fingerprint density at radius 3 is 2.36 bits per heavy atom. The van der Waals surface area contributed by atoms with E-state index in [1.54, 1.807) is 18.2 Å². The van der Waals surface area contributed by atoms with Crippen LogP contribution in [0.2, 0.25) is 0 Å². The molecular formula is C19H24BFO4. The van der Waals surface area contributed by atoms with Crippen LogP contribution in [0.5, 0.6) is 0 Å². The van der Waals surface area contributed by atoms with Crippen LogP contribution in [0.15, 0.2) is 24.2 Å². The number of benzene rings is 1. The maximum Gasteiger partial charge on any atom is 0.490 e. The summed E-state index contributed by atoms with van der Waals surface area (Å²) in [5, 5.41) is 0. The molecule has 0 spiro atoms. The minimum atomic E-state index is -0.741.